The first kappa shape index (κ1) is 26.7. The maximum atomic E-state index is 12.7. The molecule has 0 amide bonds. The van der Waals surface area contributed by atoms with Gasteiger partial charge in [0.25, 0.3) is 5.56 Å². The van der Waals surface area contributed by atoms with Gasteiger partial charge < -0.3 is 29.7 Å². The van der Waals surface area contributed by atoms with Crippen molar-refractivity contribution in [1.29, 1.82) is 0 Å². The van der Waals surface area contributed by atoms with Gasteiger partial charge in [0.2, 0.25) is 0 Å². The van der Waals surface area contributed by atoms with E-state index in [9.17, 15) is 29.5 Å². The molecule has 0 bridgehead atoms. The molecule has 0 saturated carbocycles. The minimum atomic E-state index is -4.91. The standard InChI is InChI=1S/C17H20N4O9P.Na/c1-7-3-9-10(4-8(7)2)21(15-13(18-9)16(25)20-17(26)19-15)5-11(22)14(24)12(23)6-30-31(27,28)29;/h3-4,11-12,14,23-24H,5-6H2,1-2H3,(H,20,25,26)(H2,27,28,29);/q-1;+1/t11-,12+,14+;/m0./s1. The van der Waals surface area contributed by atoms with Crippen LogP contribution in [0, 0.1) is 13.8 Å². The molecule has 2 aliphatic rings. The molecular formula is C17H20N4NaO9P. The number of phosphoric acid groups is 1. The SMILES string of the molecule is Cc1cc2nc3c(=O)[nH]c(=O)nc-3n(C[C@H]([O-])[C@@H](O)[C@H](O)COP(=O)(O)O)c2cc1C.[Na+]. The van der Waals surface area contributed by atoms with E-state index in [0.29, 0.717) is 11.0 Å². The van der Waals surface area contributed by atoms with Crippen molar-refractivity contribution in [2.24, 2.45) is 0 Å². The number of aryl methyl sites for hydroxylation is 2. The summed E-state index contributed by atoms with van der Waals surface area (Å²) < 4.78 is 16.1. The number of fused-ring (bicyclic) bond motifs is 2. The van der Waals surface area contributed by atoms with Crippen LogP contribution in [0.3, 0.4) is 0 Å². The van der Waals surface area contributed by atoms with Crippen molar-refractivity contribution in [1.82, 2.24) is 19.5 Å². The quantitative estimate of drug-likeness (QED) is 0.123. The number of aliphatic hydroxyl groups excluding tert-OH is 2. The van der Waals surface area contributed by atoms with Gasteiger partial charge in [-0.25, -0.2) is 14.3 Å². The summed E-state index contributed by atoms with van der Waals surface area (Å²) in [5, 5.41) is 32.7. The van der Waals surface area contributed by atoms with E-state index in [4.69, 9.17) is 9.79 Å². The van der Waals surface area contributed by atoms with Gasteiger partial charge in [0.1, 0.15) is 6.10 Å². The summed E-state index contributed by atoms with van der Waals surface area (Å²) in [4.78, 5) is 51.4. The van der Waals surface area contributed by atoms with Crippen LogP contribution in [0.5, 0.6) is 0 Å². The van der Waals surface area contributed by atoms with E-state index in [0.717, 1.165) is 11.1 Å². The Bertz CT molecular complexity index is 1260. The molecular weight excluding hydrogens is 458 g/mol. The molecule has 2 heterocycles. The third kappa shape index (κ3) is 5.88. The molecule has 32 heavy (non-hydrogen) atoms. The number of aromatic nitrogens is 4. The number of aromatic amines is 1. The van der Waals surface area contributed by atoms with Crippen molar-refractivity contribution < 1.29 is 63.8 Å². The fraction of sp³-hybridized carbons (Fsp3) is 0.412. The van der Waals surface area contributed by atoms with Gasteiger partial charge in [0, 0.05) is 6.54 Å². The van der Waals surface area contributed by atoms with Crippen molar-refractivity contribution >= 4 is 18.9 Å². The number of phosphoric ester groups is 1. The predicted octanol–water partition coefficient (Wildman–Crippen LogP) is -5.23. The first-order valence-corrected chi connectivity index (χ1v) is 10.5. The molecule has 168 valence electrons. The molecule has 0 radical (unpaired) electrons. The Hall–Kier alpha value is -1.51. The number of benzene rings is 1. The van der Waals surface area contributed by atoms with Gasteiger partial charge in [-0.15, -0.1) is 0 Å². The fourth-order valence-electron chi connectivity index (χ4n) is 3.04. The van der Waals surface area contributed by atoms with Gasteiger partial charge in [-0.05, 0) is 37.1 Å². The Balaban J connectivity index is 0.00000363. The molecule has 2 aliphatic heterocycles. The number of rotatable bonds is 7. The summed E-state index contributed by atoms with van der Waals surface area (Å²) in [5.74, 6) is -0.182. The fourth-order valence-corrected chi connectivity index (χ4v) is 3.39. The molecule has 3 atom stereocenters. The normalized spacial score (nSPS) is 14.8. The Kier molecular flexibility index (Phi) is 8.51. The second kappa shape index (κ2) is 10.2. The Morgan fingerprint density at radius 3 is 2.44 bits per heavy atom. The topological polar surface area (TPSA) is 211 Å². The zero-order valence-corrected chi connectivity index (χ0v) is 20.3. The van der Waals surface area contributed by atoms with Crippen molar-refractivity contribution in [3.05, 3.63) is 44.1 Å². The number of H-pyrrole nitrogens is 1. The Labute approximate surface area is 202 Å². The van der Waals surface area contributed by atoms with Crippen molar-refractivity contribution in [2.75, 3.05) is 6.61 Å². The van der Waals surface area contributed by atoms with Crippen LogP contribution in [0.25, 0.3) is 22.6 Å². The molecule has 0 aliphatic carbocycles. The molecule has 3 rings (SSSR count). The van der Waals surface area contributed by atoms with E-state index >= 15 is 0 Å². The molecule has 15 heteroatoms. The van der Waals surface area contributed by atoms with E-state index in [-0.39, 0.29) is 41.1 Å². The van der Waals surface area contributed by atoms with Crippen LogP contribution < -0.4 is 45.9 Å². The second-order valence-electron chi connectivity index (χ2n) is 7.07. The zero-order chi connectivity index (χ0) is 23.1. The minimum absolute atomic E-state index is 0. The molecule has 0 unspecified atom stereocenters. The van der Waals surface area contributed by atoms with Crippen LogP contribution >= 0.6 is 7.82 Å². The number of nitrogens with zero attached hydrogens (tertiary/aromatic N) is 3. The van der Waals surface area contributed by atoms with Gasteiger partial charge in [0.05, 0.1) is 23.7 Å². The number of hydrogen-bond acceptors (Lipinski definition) is 9. The van der Waals surface area contributed by atoms with Crippen molar-refractivity contribution in [2.45, 2.75) is 38.7 Å². The van der Waals surface area contributed by atoms with Crippen LogP contribution in [-0.2, 0) is 15.6 Å². The zero-order valence-electron chi connectivity index (χ0n) is 17.4. The molecule has 0 spiro atoms. The van der Waals surface area contributed by atoms with Gasteiger partial charge in [-0.2, -0.15) is 4.98 Å². The Morgan fingerprint density at radius 1 is 1.19 bits per heavy atom. The van der Waals surface area contributed by atoms with Crippen LogP contribution in [0.1, 0.15) is 11.1 Å². The molecule has 0 fully saturated rings. The van der Waals surface area contributed by atoms with Crippen LogP contribution in [0.15, 0.2) is 21.7 Å². The molecule has 1 aromatic rings. The van der Waals surface area contributed by atoms with E-state index in [1.165, 1.54) is 4.57 Å². The smallest absolute Gasteiger partial charge is 0.849 e. The van der Waals surface area contributed by atoms with Gasteiger partial charge in [0.15, 0.2) is 11.5 Å². The number of hydrogen-bond donors (Lipinski definition) is 5. The summed E-state index contributed by atoms with van der Waals surface area (Å²) in [6.07, 6.45) is -5.82. The average Bonchev–Trinajstić information content (AvgIpc) is 2.67. The molecule has 5 N–H and O–H groups in total. The van der Waals surface area contributed by atoms with Crippen LogP contribution in [0.4, 0.5) is 0 Å². The van der Waals surface area contributed by atoms with Crippen molar-refractivity contribution in [3.63, 3.8) is 0 Å². The average molecular weight is 478 g/mol. The molecule has 1 aromatic carbocycles. The summed E-state index contributed by atoms with van der Waals surface area (Å²) in [6, 6.07) is 3.36. The van der Waals surface area contributed by atoms with Crippen LogP contribution in [-0.4, -0.2) is 64.4 Å². The van der Waals surface area contributed by atoms with E-state index in [1.54, 1.807) is 19.1 Å². The summed E-state index contributed by atoms with van der Waals surface area (Å²) >= 11 is 0. The summed E-state index contributed by atoms with van der Waals surface area (Å²) in [5.41, 5.74) is 0.446. The maximum absolute atomic E-state index is 12.7. The third-order valence-corrected chi connectivity index (χ3v) is 5.26. The largest absolute Gasteiger partial charge is 1.00 e. The van der Waals surface area contributed by atoms with Gasteiger partial charge >= 0.3 is 43.1 Å². The monoisotopic (exact) mass is 478 g/mol. The summed E-state index contributed by atoms with van der Waals surface area (Å²) in [7, 11) is -4.91. The minimum Gasteiger partial charge on any atom is -0.849 e. The molecule has 13 nitrogen and oxygen atoms in total. The predicted molar refractivity (Wildman–Crippen MR) is 104 cm³/mol. The Morgan fingerprint density at radius 2 is 1.81 bits per heavy atom. The first-order chi connectivity index (χ1) is 14.4. The third-order valence-electron chi connectivity index (χ3n) is 4.78. The van der Waals surface area contributed by atoms with E-state index in [2.05, 4.69) is 14.5 Å². The number of aliphatic hydroxyl groups is 2. The molecule has 0 saturated heterocycles. The summed E-state index contributed by atoms with van der Waals surface area (Å²) in [6.45, 7) is 2.11. The van der Waals surface area contributed by atoms with Gasteiger partial charge in [-0.3, -0.25) is 14.3 Å². The number of nitrogens with one attached hydrogen (secondary N) is 1. The van der Waals surface area contributed by atoms with Crippen molar-refractivity contribution in [3.8, 4) is 11.5 Å². The van der Waals surface area contributed by atoms with E-state index in [1.807, 2.05) is 11.9 Å². The molecule has 0 aromatic heterocycles. The van der Waals surface area contributed by atoms with E-state index < -0.39 is 50.5 Å². The maximum Gasteiger partial charge on any atom is 1.00 e. The second-order valence-corrected chi connectivity index (χ2v) is 8.31. The van der Waals surface area contributed by atoms with Crippen LogP contribution in [0.2, 0.25) is 0 Å². The first-order valence-electron chi connectivity index (χ1n) is 9.01. The van der Waals surface area contributed by atoms with Gasteiger partial charge in [-0.1, -0.05) is 6.10 Å².